The van der Waals surface area contributed by atoms with Gasteiger partial charge in [0.05, 0.1) is 29.6 Å². The molecule has 6 aliphatic rings. The van der Waals surface area contributed by atoms with Crippen molar-refractivity contribution in [3.63, 3.8) is 0 Å². The number of carbonyl (C=O) groups excluding carboxylic acids is 4. The summed E-state index contributed by atoms with van der Waals surface area (Å²) in [7, 11) is 0. The van der Waals surface area contributed by atoms with Crippen molar-refractivity contribution in [3.8, 4) is 0 Å². The summed E-state index contributed by atoms with van der Waals surface area (Å²) in [4.78, 5) is 69.7. The van der Waals surface area contributed by atoms with E-state index >= 15 is 0 Å². The van der Waals surface area contributed by atoms with Crippen molar-refractivity contribution >= 4 is 58.0 Å². The smallest absolute Gasteiger partial charge is 0.262 e. The summed E-state index contributed by atoms with van der Waals surface area (Å²) in [5, 5.41) is 2.78. The van der Waals surface area contributed by atoms with Crippen molar-refractivity contribution in [2.75, 3.05) is 67.1 Å². The number of halogens is 1. The number of aromatic nitrogens is 1. The van der Waals surface area contributed by atoms with Crippen molar-refractivity contribution < 1.29 is 19.2 Å². The van der Waals surface area contributed by atoms with Gasteiger partial charge in [-0.15, -0.1) is 0 Å². The lowest BCUT2D eigenvalue weighted by molar-refractivity contribution is -0.136. The summed E-state index contributed by atoms with van der Waals surface area (Å²) < 4.78 is 0. The monoisotopic (exact) mass is 774 g/mol. The van der Waals surface area contributed by atoms with E-state index in [0.717, 1.165) is 94.3 Å². The van der Waals surface area contributed by atoms with Gasteiger partial charge in [0.15, 0.2) is 0 Å². The summed E-state index contributed by atoms with van der Waals surface area (Å²) in [6.07, 6.45) is 8.01. The summed E-state index contributed by atoms with van der Waals surface area (Å²) in [5.41, 5.74) is 5.88. The van der Waals surface area contributed by atoms with E-state index in [0.29, 0.717) is 45.1 Å². The normalized spacial score (nSPS) is 24.4. The van der Waals surface area contributed by atoms with E-state index in [9.17, 15) is 19.2 Å². The first kappa shape index (κ1) is 36.6. The lowest BCUT2D eigenvalue weighted by atomic mass is 9.76. The Hall–Kier alpha value is -4.99. The molecule has 7 heterocycles. The number of pyridine rings is 1. The molecule has 56 heavy (non-hydrogen) atoms. The van der Waals surface area contributed by atoms with Crippen LogP contribution in [-0.2, 0) is 9.59 Å². The number of carbonyl (C=O) groups is 4. The molecule has 9 rings (SSSR count). The second kappa shape index (κ2) is 14.5. The molecule has 0 bridgehead atoms. The van der Waals surface area contributed by atoms with Crippen LogP contribution in [0.5, 0.6) is 0 Å². The van der Waals surface area contributed by atoms with Crippen molar-refractivity contribution in [1.29, 1.82) is 0 Å². The molecule has 13 heteroatoms. The van der Waals surface area contributed by atoms with E-state index in [4.69, 9.17) is 23.2 Å². The molecule has 3 aromatic rings. The molecule has 290 valence electrons. The van der Waals surface area contributed by atoms with E-state index in [1.165, 1.54) is 17.8 Å². The molecule has 1 unspecified atom stereocenters. The maximum absolute atomic E-state index is 13.3. The number of anilines is 3. The van der Waals surface area contributed by atoms with Gasteiger partial charge in [-0.3, -0.25) is 34.4 Å². The van der Waals surface area contributed by atoms with E-state index in [1.54, 1.807) is 12.1 Å². The summed E-state index contributed by atoms with van der Waals surface area (Å²) in [5.74, 6) is -0.914. The zero-order chi connectivity index (χ0) is 38.7. The van der Waals surface area contributed by atoms with Crippen molar-refractivity contribution in [3.05, 3.63) is 88.0 Å². The number of likely N-dealkylation sites (tertiary alicyclic amines) is 1. The van der Waals surface area contributed by atoms with Crippen LogP contribution >= 0.6 is 11.6 Å². The number of fused-ring (bicyclic) bond motifs is 1. The SMILES string of the molecule is [C-]#[N+]c1ccc(N2CC3(CCN(c4ccc(C5CCN(CC6CN(c7ccc8c(c7)C(=O)N(C7CCC(=O)NC7=O)C8=O)C6)CC5)nc4)CC3)C[C@@H]2C)cc1Cl. The fourth-order valence-electron chi connectivity index (χ4n) is 10.2. The lowest BCUT2D eigenvalue weighted by Gasteiger charge is -2.44. The molecule has 1 aromatic heterocycles. The number of nitrogens with zero attached hydrogens (tertiary/aromatic N) is 7. The fraction of sp³-hybridized carbons (Fsp3) is 0.488. The molecule has 0 radical (unpaired) electrons. The number of benzene rings is 2. The van der Waals surface area contributed by atoms with Gasteiger partial charge in [0.2, 0.25) is 17.5 Å². The molecular weight excluding hydrogens is 728 g/mol. The Bertz CT molecular complexity index is 2110. The largest absolute Gasteiger partial charge is 0.371 e. The minimum absolute atomic E-state index is 0.105. The van der Waals surface area contributed by atoms with Gasteiger partial charge in [-0.1, -0.05) is 17.7 Å². The first-order valence-electron chi connectivity index (χ1n) is 20.1. The second-order valence-electron chi connectivity index (χ2n) is 16.9. The molecule has 4 amide bonds. The third-order valence-corrected chi connectivity index (χ3v) is 13.7. The van der Waals surface area contributed by atoms with Gasteiger partial charge < -0.3 is 19.6 Å². The number of hydrogen-bond donors (Lipinski definition) is 1. The van der Waals surface area contributed by atoms with Gasteiger partial charge in [0.1, 0.15) is 6.04 Å². The van der Waals surface area contributed by atoms with Crippen LogP contribution in [0.25, 0.3) is 4.85 Å². The van der Waals surface area contributed by atoms with Gasteiger partial charge in [0.25, 0.3) is 11.8 Å². The van der Waals surface area contributed by atoms with Crippen molar-refractivity contribution in [2.24, 2.45) is 11.3 Å². The van der Waals surface area contributed by atoms with Crippen molar-refractivity contribution in [1.82, 2.24) is 20.1 Å². The topological polar surface area (TPSA) is 114 Å². The summed E-state index contributed by atoms with van der Waals surface area (Å²) >= 11 is 6.39. The van der Waals surface area contributed by atoms with Gasteiger partial charge in [-0.2, -0.15) is 0 Å². The van der Waals surface area contributed by atoms with E-state index < -0.39 is 23.8 Å². The van der Waals surface area contributed by atoms with Crippen LogP contribution in [-0.4, -0.2) is 103 Å². The molecule has 0 aliphatic carbocycles. The number of rotatable bonds is 7. The Morgan fingerprint density at radius 3 is 2.30 bits per heavy atom. The fourth-order valence-corrected chi connectivity index (χ4v) is 10.4. The maximum Gasteiger partial charge on any atom is 0.262 e. The Labute approximate surface area is 332 Å². The number of piperidine rings is 3. The number of hydrogen-bond acceptors (Lipinski definition) is 9. The van der Waals surface area contributed by atoms with E-state index in [-0.39, 0.29) is 18.7 Å². The molecule has 1 N–H and O–H groups in total. The highest BCUT2D eigenvalue weighted by atomic mass is 35.5. The van der Waals surface area contributed by atoms with Gasteiger partial charge in [-0.25, -0.2) is 4.85 Å². The van der Waals surface area contributed by atoms with E-state index in [1.807, 2.05) is 24.3 Å². The number of imide groups is 2. The average molecular weight is 775 g/mol. The van der Waals surface area contributed by atoms with E-state index in [2.05, 4.69) is 55.0 Å². The summed E-state index contributed by atoms with van der Waals surface area (Å²) in [6, 6.07) is 15.2. The van der Waals surface area contributed by atoms with Crippen LogP contribution in [0.15, 0.2) is 54.7 Å². The Morgan fingerprint density at radius 2 is 1.61 bits per heavy atom. The second-order valence-corrected chi connectivity index (χ2v) is 17.3. The van der Waals surface area contributed by atoms with Crippen LogP contribution < -0.4 is 20.0 Å². The number of nitrogens with one attached hydrogen (secondary N) is 1. The molecule has 1 spiro atoms. The highest BCUT2D eigenvalue weighted by Gasteiger charge is 2.46. The Kier molecular flexibility index (Phi) is 9.49. The lowest BCUT2D eigenvalue weighted by Crippen LogP contribution is -2.54. The highest BCUT2D eigenvalue weighted by molar-refractivity contribution is 6.33. The minimum atomic E-state index is -0.955. The first-order valence-corrected chi connectivity index (χ1v) is 20.4. The first-order chi connectivity index (χ1) is 27.1. The third-order valence-electron chi connectivity index (χ3n) is 13.4. The predicted octanol–water partition coefficient (Wildman–Crippen LogP) is 5.89. The zero-order valence-corrected chi connectivity index (χ0v) is 32.5. The highest BCUT2D eigenvalue weighted by Crippen LogP contribution is 2.46. The van der Waals surface area contributed by atoms with Gasteiger partial charge in [0, 0.05) is 85.7 Å². The zero-order valence-electron chi connectivity index (χ0n) is 31.8. The minimum Gasteiger partial charge on any atom is -0.371 e. The van der Waals surface area contributed by atoms with Crippen LogP contribution in [0.2, 0.25) is 5.02 Å². The Morgan fingerprint density at radius 1 is 0.875 bits per heavy atom. The molecule has 6 aliphatic heterocycles. The predicted molar refractivity (Wildman–Crippen MR) is 214 cm³/mol. The summed E-state index contributed by atoms with van der Waals surface area (Å²) in [6.45, 7) is 17.6. The van der Waals surface area contributed by atoms with Crippen molar-refractivity contribution in [2.45, 2.75) is 69.9 Å². The molecule has 12 nitrogen and oxygen atoms in total. The standard InChI is InChI=1S/C43H47ClN8O4/c1-27-21-43(26-51(27)31-4-8-37(45-2)35(44)20-31)13-17-49(18-14-43)32-5-7-36(46-22-32)29-11-15-48(16-12-29)23-28-24-50(25-28)30-3-6-33-34(19-30)42(56)52(41(33)55)38-9-10-39(53)47-40(38)54/h3-8,19-20,22,27-29,38H,9-18,21,23-26H2,1H3,(H,47,53,54)/t27-,38?/m0/s1. The average Bonchev–Trinajstić information content (AvgIpc) is 3.64. The molecule has 5 fully saturated rings. The van der Waals surface area contributed by atoms with Crippen LogP contribution in [0.3, 0.4) is 0 Å². The van der Waals surface area contributed by atoms with Gasteiger partial charge >= 0.3 is 0 Å². The number of amides is 4. The van der Waals surface area contributed by atoms with Gasteiger partial charge in [-0.05, 0) is 106 Å². The molecule has 5 saturated heterocycles. The van der Waals surface area contributed by atoms with Crippen LogP contribution in [0.4, 0.5) is 22.7 Å². The third kappa shape index (κ3) is 6.68. The van der Waals surface area contributed by atoms with Crippen LogP contribution in [0, 0.1) is 17.9 Å². The van der Waals surface area contributed by atoms with Crippen LogP contribution in [0.1, 0.15) is 84.2 Å². The molecule has 2 atom stereocenters. The maximum atomic E-state index is 13.3. The molecule has 0 saturated carbocycles. The molecule has 2 aromatic carbocycles. The quantitative estimate of drug-likeness (QED) is 0.232. The molecular formula is C43H47ClN8O4. The Balaban J connectivity index is 0.725.